The third kappa shape index (κ3) is 8.19. The Hall–Kier alpha value is -6.12. The van der Waals surface area contributed by atoms with Crippen LogP contribution >= 0.6 is 0 Å². The van der Waals surface area contributed by atoms with Crippen molar-refractivity contribution in [3.05, 3.63) is 71.3 Å². The van der Waals surface area contributed by atoms with Crippen LogP contribution in [0.4, 0.5) is 22.7 Å². The molecule has 0 radical (unpaired) electrons. The fourth-order valence-corrected chi connectivity index (χ4v) is 3.56. The van der Waals surface area contributed by atoms with Crippen LogP contribution in [0.5, 0.6) is 11.5 Å². The van der Waals surface area contributed by atoms with E-state index in [1.54, 1.807) is 0 Å². The van der Waals surface area contributed by atoms with E-state index in [9.17, 15) is 39.0 Å². The summed E-state index contributed by atoms with van der Waals surface area (Å²) in [5.41, 5.74) is 11.2. The quantitative estimate of drug-likeness (QED) is 0.120. The Morgan fingerprint density at radius 2 is 1.05 bits per heavy atom. The van der Waals surface area contributed by atoms with Crippen molar-refractivity contribution in [1.82, 2.24) is 10.6 Å². The molecule has 0 saturated carbocycles. The lowest BCUT2D eigenvalue weighted by Gasteiger charge is -2.12. The predicted molar refractivity (Wildman–Crippen MR) is 152 cm³/mol. The Kier molecular flexibility index (Phi) is 9.63. The standard InChI is InChI=1S/C27H27N7O8/c1-13(35)32-14-3-6-21(36)18(9-14)26(41)30-12-24(39)34-16-4-7-22(37)19(10-16)27(42)31-11-23(38)33-15-2-5-20(28)17(8-15)25(29)40/h2-10,36-37H,11-12,28H2,1H3,(H2,29,40)(H,30,41)(H,31,42)(H,32,35)(H,33,38)(H,34,39). The van der Waals surface area contributed by atoms with Crippen molar-refractivity contribution in [2.45, 2.75) is 6.92 Å². The lowest BCUT2D eigenvalue weighted by atomic mass is 10.1. The SMILES string of the molecule is CC(=O)Nc1ccc(O)c(C(=O)NCC(=O)Nc2ccc(O)c(C(=O)NCC(=O)Nc3ccc(N)c(C(N)=O)c3)c2)c1. The number of anilines is 4. The van der Waals surface area contributed by atoms with Crippen molar-refractivity contribution < 1.29 is 39.0 Å². The average molecular weight is 578 g/mol. The number of benzene rings is 3. The number of amides is 6. The van der Waals surface area contributed by atoms with Gasteiger partial charge in [0.1, 0.15) is 11.5 Å². The molecule has 0 spiro atoms. The van der Waals surface area contributed by atoms with Crippen LogP contribution in [0, 0.1) is 0 Å². The molecule has 42 heavy (non-hydrogen) atoms. The van der Waals surface area contributed by atoms with Crippen molar-refractivity contribution in [3.63, 3.8) is 0 Å². The second-order valence-corrected chi connectivity index (χ2v) is 8.77. The van der Waals surface area contributed by atoms with Gasteiger partial charge in [0.15, 0.2) is 0 Å². The summed E-state index contributed by atoms with van der Waals surface area (Å²) in [4.78, 5) is 72.3. The van der Waals surface area contributed by atoms with E-state index in [0.29, 0.717) is 0 Å². The van der Waals surface area contributed by atoms with Gasteiger partial charge in [-0.05, 0) is 54.6 Å². The highest BCUT2D eigenvalue weighted by atomic mass is 16.3. The van der Waals surface area contributed by atoms with Gasteiger partial charge in [-0.15, -0.1) is 0 Å². The van der Waals surface area contributed by atoms with Crippen LogP contribution in [0.25, 0.3) is 0 Å². The number of nitrogens with two attached hydrogens (primary N) is 2. The van der Waals surface area contributed by atoms with E-state index in [4.69, 9.17) is 11.5 Å². The number of aromatic hydroxyl groups is 2. The van der Waals surface area contributed by atoms with Gasteiger partial charge in [-0.3, -0.25) is 28.8 Å². The third-order valence-corrected chi connectivity index (χ3v) is 5.51. The maximum Gasteiger partial charge on any atom is 0.255 e. The minimum atomic E-state index is -0.836. The molecule has 0 saturated heterocycles. The maximum atomic E-state index is 12.6. The summed E-state index contributed by atoms with van der Waals surface area (Å²) in [5, 5.41) is 32.1. The fourth-order valence-electron chi connectivity index (χ4n) is 3.56. The lowest BCUT2D eigenvalue weighted by Crippen LogP contribution is -2.33. The van der Waals surface area contributed by atoms with E-state index < -0.39 is 48.4 Å². The number of primary amides is 1. The van der Waals surface area contributed by atoms with E-state index in [2.05, 4.69) is 26.6 Å². The van der Waals surface area contributed by atoms with Crippen molar-refractivity contribution in [3.8, 4) is 11.5 Å². The molecule has 0 unspecified atom stereocenters. The summed E-state index contributed by atoms with van der Waals surface area (Å²) >= 11 is 0. The lowest BCUT2D eigenvalue weighted by molar-refractivity contribution is -0.116. The average Bonchev–Trinajstić information content (AvgIpc) is 2.93. The molecule has 3 rings (SSSR count). The molecule has 0 aliphatic rings. The first-order chi connectivity index (χ1) is 19.8. The van der Waals surface area contributed by atoms with Crippen LogP contribution in [0.15, 0.2) is 54.6 Å². The van der Waals surface area contributed by atoms with Crippen LogP contribution < -0.4 is 38.1 Å². The minimum Gasteiger partial charge on any atom is -0.507 e. The zero-order chi connectivity index (χ0) is 31.0. The Labute approximate surface area is 238 Å². The topological polar surface area (TPSA) is 255 Å². The zero-order valence-corrected chi connectivity index (χ0v) is 22.1. The molecular formula is C27H27N7O8. The zero-order valence-electron chi connectivity index (χ0n) is 22.1. The van der Waals surface area contributed by atoms with Crippen LogP contribution in [0.1, 0.15) is 38.0 Å². The number of carbonyl (C=O) groups excluding carboxylic acids is 6. The Morgan fingerprint density at radius 3 is 1.48 bits per heavy atom. The van der Waals surface area contributed by atoms with E-state index in [-0.39, 0.29) is 51.1 Å². The van der Waals surface area contributed by atoms with Crippen molar-refractivity contribution in [2.24, 2.45) is 5.73 Å². The van der Waals surface area contributed by atoms with Gasteiger partial charge in [0.05, 0.1) is 29.8 Å². The van der Waals surface area contributed by atoms with Gasteiger partial charge < -0.3 is 48.3 Å². The van der Waals surface area contributed by atoms with E-state index in [1.165, 1.54) is 49.4 Å². The second-order valence-electron chi connectivity index (χ2n) is 8.77. The Balaban J connectivity index is 1.56. The van der Waals surface area contributed by atoms with Gasteiger partial charge in [-0.2, -0.15) is 0 Å². The van der Waals surface area contributed by atoms with Gasteiger partial charge in [0.2, 0.25) is 17.7 Å². The number of nitrogens with one attached hydrogen (secondary N) is 5. The van der Waals surface area contributed by atoms with Gasteiger partial charge in [0, 0.05) is 29.7 Å². The number of hydrogen-bond acceptors (Lipinski definition) is 9. The number of rotatable bonds is 10. The monoisotopic (exact) mass is 577 g/mol. The van der Waals surface area contributed by atoms with Crippen LogP contribution in [-0.4, -0.2) is 58.7 Å². The normalized spacial score (nSPS) is 10.2. The van der Waals surface area contributed by atoms with Crippen molar-refractivity contribution in [1.29, 1.82) is 0 Å². The number of hydrogen-bond donors (Lipinski definition) is 9. The summed E-state index contributed by atoms with van der Waals surface area (Å²) in [5.74, 6) is -4.94. The second kappa shape index (κ2) is 13.3. The fraction of sp³-hybridized carbons (Fsp3) is 0.111. The minimum absolute atomic E-state index is 0.00880. The van der Waals surface area contributed by atoms with Gasteiger partial charge in [0.25, 0.3) is 17.7 Å². The third-order valence-electron chi connectivity index (χ3n) is 5.51. The maximum absolute atomic E-state index is 12.6. The Bertz CT molecular complexity index is 1590. The van der Waals surface area contributed by atoms with Crippen LogP contribution in [0.2, 0.25) is 0 Å². The molecule has 3 aromatic rings. The van der Waals surface area contributed by atoms with Gasteiger partial charge in [-0.25, -0.2) is 0 Å². The molecule has 15 nitrogen and oxygen atoms in total. The highest BCUT2D eigenvalue weighted by molar-refractivity contribution is 6.05. The molecule has 0 atom stereocenters. The molecule has 218 valence electrons. The first-order valence-electron chi connectivity index (χ1n) is 12.1. The summed E-state index contributed by atoms with van der Waals surface area (Å²) in [6, 6.07) is 11.6. The number of phenols is 2. The molecule has 11 N–H and O–H groups in total. The van der Waals surface area contributed by atoms with Crippen LogP contribution in [-0.2, 0) is 14.4 Å². The van der Waals surface area contributed by atoms with Gasteiger partial charge >= 0.3 is 0 Å². The largest absolute Gasteiger partial charge is 0.507 e. The highest BCUT2D eigenvalue weighted by Gasteiger charge is 2.17. The highest BCUT2D eigenvalue weighted by Crippen LogP contribution is 2.23. The van der Waals surface area contributed by atoms with Crippen molar-refractivity contribution in [2.75, 3.05) is 34.8 Å². The predicted octanol–water partition coefficient (Wildman–Crippen LogP) is 0.474. The van der Waals surface area contributed by atoms with Gasteiger partial charge in [-0.1, -0.05) is 0 Å². The molecule has 0 aliphatic carbocycles. The summed E-state index contributed by atoms with van der Waals surface area (Å²) < 4.78 is 0. The smallest absolute Gasteiger partial charge is 0.255 e. The molecule has 15 heteroatoms. The number of phenolic OH excluding ortho intramolecular Hbond substituents is 2. The molecule has 0 heterocycles. The summed E-state index contributed by atoms with van der Waals surface area (Å²) in [7, 11) is 0. The number of nitrogen functional groups attached to an aromatic ring is 1. The van der Waals surface area contributed by atoms with E-state index in [1.807, 2.05) is 0 Å². The van der Waals surface area contributed by atoms with E-state index >= 15 is 0 Å². The van der Waals surface area contributed by atoms with E-state index in [0.717, 1.165) is 12.1 Å². The molecule has 6 amide bonds. The molecule has 0 bridgehead atoms. The first-order valence-corrected chi connectivity index (χ1v) is 12.1. The van der Waals surface area contributed by atoms with Crippen LogP contribution in [0.3, 0.4) is 0 Å². The number of carbonyl (C=O) groups is 6. The molecule has 3 aromatic carbocycles. The summed E-state index contributed by atoms with van der Waals surface area (Å²) in [6.45, 7) is 0.249. The first kappa shape index (κ1) is 30.4. The van der Waals surface area contributed by atoms with Crippen molar-refractivity contribution >= 4 is 58.2 Å². The molecular weight excluding hydrogens is 550 g/mol. The summed E-state index contributed by atoms with van der Waals surface area (Å²) in [6.07, 6.45) is 0. The Morgan fingerprint density at radius 1 is 0.643 bits per heavy atom. The molecule has 0 fully saturated rings. The molecule has 0 aromatic heterocycles. The molecule has 0 aliphatic heterocycles.